The van der Waals surface area contributed by atoms with E-state index in [0.717, 1.165) is 26.1 Å². The number of nitrogens with one attached hydrogen (secondary N) is 2. The van der Waals surface area contributed by atoms with Crippen LogP contribution in [0.4, 0.5) is 10.5 Å². The molecule has 0 aliphatic carbocycles. The highest BCUT2D eigenvalue weighted by Crippen LogP contribution is 2.21. The largest absolute Gasteiger partial charge is 0.478 e. The average molecular weight is 357 g/mol. The van der Waals surface area contributed by atoms with E-state index in [1.807, 2.05) is 0 Å². The van der Waals surface area contributed by atoms with Gasteiger partial charge < -0.3 is 20.5 Å². The number of hydrogen-bond acceptors (Lipinski definition) is 3. The number of ether oxygens (including phenoxy) is 1. The standard InChI is InChI=1S/C14H17BrN2O4/c15-12-2-1-10(7-11(12)13(18)19)17-14(20)16-8-9-3-5-21-6-4-9/h1-2,7,9H,3-6,8H2,(H,18,19)(H2,16,17,20). The molecule has 7 heteroatoms. The van der Waals surface area contributed by atoms with Crippen LogP contribution in [0.3, 0.4) is 0 Å². The minimum Gasteiger partial charge on any atom is -0.478 e. The third-order valence-electron chi connectivity index (χ3n) is 3.35. The Morgan fingerprint density at radius 1 is 1.33 bits per heavy atom. The Labute approximate surface area is 131 Å². The third kappa shape index (κ3) is 4.71. The van der Waals surface area contributed by atoms with Crippen molar-refractivity contribution in [1.82, 2.24) is 5.32 Å². The molecule has 2 rings (SSSR count). The predicted molar refractivity (Wildman–Crippen MR) is 81.7 cm³/mol. The molecule has 0 atom stereocenters. The Morgan fingerprint density at radius 2 is 2.05 bits per heavy atom. The summed E-state index contributed by atoms with van der Waals surface area (Å²) in [5, 5.41) is 14.5. The number of anilines is 1. The van der Waals surface area contributed by atoms with Crippen molar-refractivity contribution in [3.05, 3.63) is 28.2 Å². The van der Waals surface area contributed by atoms with E-state index in [-0.39, 0.29) is 11.6 Å². The van der Waals surface area contributed by atoms with E-state index in [0.29, 0.717) is 22.6 Å². The second-order valence-corrected chi connectivity index (χ2v) is 5.74. The maximum absolute atomic E-state index is 11.8. The molecule has 114 valence electrons. The summed E-state index contributed by atoms with van der Waals surface area (Å²) in [6.45, 7) is 2.07. The van der Waals surface area contributed by atoms with Gasteiger partial charge in [-0.3, -0.25) is 0 Å². The SMILES string of the molecule is O=C(NCC1CCOCC1)Nc1ccc(Br)c(C(=O)O)c1. The molecule has 1 aromatic rings. The summed E-state index contributed by atoms with van der Waals surface area (Å²) in [6, 6.07) is 4.32. The number of amides is 2. The first-order valence-electron chi connectivity index (χ1n) is 6.71. The first-order valence-corrected chi connectivity index (χ1v) is 7.51. The number of urea groups is 1. The Hall–Kier alpha value is -1.60. The number of rotatable bonds is 4. The van der Waals surface area contributed by atoms with Gasteiger partial charge >= 0.3 is 12.0 Å². The fourth-order valence-corrected chi connectivity index (χ4v) is 2.55. The van der Waals surface area contributed by atoms with Crippen LogP contribution >= 0.6 is 15.9 Å². The summed E-state index contributed by atoms with van der Waals surface area (Å²) >= 11 is 3.16. The summed E-state index contributed by atoms with van der Waals surface area (Å²) in [6.07, 6.45) is 1.89. The average Bonchev–Trinajstić information content (AvgIpc) is 2.48. The lowest BCUT2D eigenvalue weighted by molar-refractivity contribution is 0.0670. The van der Waals surface area contributed by atoms with Crippen LogP contribution in [-0.4, -0.2) is 36.9 Å². The molecular weight excluding hydrogens is 340 g/mol. The highest BCUT2D eigenvalue weighted by atomic mass is 79.9. The van der Waals surface area contributed by atoms with Gasteiger partial charge in [0.2, 0.25) is 0 Å². The van der Waals surface area contributed by atoms with E-state index in [2.05, 4.69) is 26.6 Å². The van der Waals surface area contributed by atoms with Crippen molar-refractivity contribution in [2.75, 3.05) is 25.1 Å². The molecule has 1 aliphatic heterocycles. The Bertz CT molecular complexity index is 530. The van der Waals surface area contributed by atoms with Crippen molar-refractivity contribution in [3.63, 3.8) is 0 Å². The first kappa shape index (κ1) is 15.8. The van der Waals surface area contributed by atoms with Crippen molar-refractivity contribution in [3.8, 4) is 0 Å². The highest BCUT2D eigenvalue weighted by Gasteiger charge is 2.15. The van der Waals surface area contributed by atoms with Gasteiger partial charge in [0.05, 0.1) is 5.56 Å². The lowest BCUT2D eigenvalue weighted by atomic mass is 10.0. The third-order valence-corrected chi connectivity index (χ3v) is 4.04. The summed E-state index contributed by atoms with van der Waals surface area (Å²) in [5.74, 6) is -0.614. The van der Waals surface area contributed by atoms with E-state index in [9.17, 15) is 9.59 Å². The molecule has 0 unspecified atom stereocenters. The summed E-state index contributed by atoms with van der Waals surface area (Å²) in [4.78, 5) is 22.8. The number of carboxylic acid groups (broad SMARTS) is 1. The Balaban J connectivity index is 1.87. The van der Waals surface area contributed by atoms with Crippen molar-refractivity contribution < 1.29 is 19.4 Å². The predicted octanol–water partition coefficient (Wildman–Crippen LogP) is 2.70. The topological polar surface area (TPSA) is 87.7 Å². The second-order valence-electron chi connectivity index (χ2n) is 4.89. The quantitative estimate of drug-likeness (QED) is 0.773. The van der Waals surface area contributed by atoms with Gasteiger partial charge in [-0.15, -0.1) is 0 Å². The molecule has 1 heterocycles. The monoisotopic (exact) mass is 356 g/mol. The van der Waals surface area contributed by atoms with Gasteiger partial charge in [-0.2, -0.15) is 0 Å². The van der Waals surface area contributed by atoms with Gasteiger partial charge in [-0.05, 0) is 52.9 Å². The maximum atomic E-state index is 11.8. The number of carboxylic acids is 1. The van der Waals surface area contributed by atoms with Crippen LogP contribution in [0.5, 0.6) is 0 Å². The molecular formula is C14H17BrN2O4. The number of aromatic carboxylic acids is 1. The summed E-state index contributed by atoms with van der Waals surface area (Å²) in [7, 11) is 0. The molecule has 0 bridgehead atoms. The molecule has 1 aliphatic rings. The second kappa shape index (κ2) is 7.42. The molecule has 21 heavy (non-hydrogen) atoms. The Morgan fingerprint density at radius 3 is 2.71 bits per heavy atom. The van der Waals surface area contributed by atoms with Gasteiger partial charge in [0.15, 0.2) is 0 Å². The molecule has 1 fully saturated rings. The van der Waals surface area contributed by atoms with E-state index < -0.39 is 5.97 Å². The molecule has 0 aromatic heterocycles. The molecule has 3 N–H and O–H groups in total. The zero-order valence-electron chi connectivity index (χ0n) is 11.4. The molecule has 6 nitrogen and oxygen atoms in total. The van der Waals surface area contributed by atoms with E-state index in [1.165, 1.54) is 6.07 Å². The van der Waals surface area contributed by atoms with Gasteiger partial charge in [0, 0.05) is 29.9 Å². The van der Waals surface area contributed by atoms with Gasteiger partial charge in [-0.25, -0.2) is 9.59 Å². The van der Waals surface area contributed by atoms with Crippen LogP contribution in [0, 0.1) is 5.92 Å². The van der Waals surface area contributed by atoms with Crippen molar-refractivity contribution >= 4 is 33.6 Å². The van der Waals surface area contributed by atoms with Crippen LogP contribution in [-0.2, 0) is 4.74 Å². The summed E-state index contributed by atoms with van der Waals surface area (Å²) < 4.78 is 5.74. The molecule has 1 saturated heterocycles. The van der Waals surface area contributed by atoms with Crippen molar-refractivity contribution in [2.45, 2.75) is 12.8 Å². The minimum absolute atomic E-state index is 0.109. The van der Waals surface area contributed by atoms with Crippen molar-refractivity contribution in [2.24, 2.45) is 5.92 Å². The van der Waals surface area contributed by atoms with Crippen molar-refractivity contribution in [1.29, 1.82) is 0 Å². The fraction of sp³-hybridized carbons (Fsp3) is 0.429. The van der Waals surface area contributed by atoms with Gasteiger partial charge in [-0.1, -0.05) is 0 Å². The smallest absolute Gasteiger partial charge is 0.336 e. The van der Waals surface area contributed by atoms with Crippen LogP contribution < -0.4 is 10.6 Å². The van der Waals surface area contributed by atoms with E-state index in [4.69, 9.17) is 9.84 Å². The number of hydrogen-bond donors (Lipinski definition) is 3. The van der Waals surface area contributed by atoms with Crippen LogP contribution in [0.2, 0.25) is 0 Å². The molecule has 1 aromatic carbocycles. The lowest BCUT2D eigenvalue weighted by Gasteiger charge is -2.22. The maximum Gasteiger partial charge on any atom is 0.336 e. The number of carbonyl (C=O) groups is 2. The van der Waals surface area contributed by atoms with E-state index >= 15 is 0 Å². The lowest BCUT2D eigenvalue weighted by Crippen LogP contribution is -2.35. The molecule has 2 amide bonds. The van der Waals surface area contributed by atoms with Gasteiger partial charge in [0.1, 0.15) is 0 Å². The first-order chi connectivity index (χ1) is 10.1. The van der Waals surface area contributed by atoms with Crippen LogP contribution in [0.15, 0.2) is 22.7 Å². The normalized spacial score (nSPS) is 15.5. The number of benzene rings is 1. The number of halogens is 1. The van der Waals surface area contributed by atoms with Gasteiger partial charge in [0.25, 0.3) is 0 Å². The summed E-state index contributed by atoms with van der Waals surface area (Å²) in [5.41, 5.74) is 0.553. The van der Waals surface area contributed by atoms with Crippen LogP contribution in [0.1, 0.15) is 23.2 Å². The van der Waals surface area contributed by atoms with Crippen LogP contribution in [0.25, 0.3) is 0 Å². The zero-order chi connectivity index (χ0) is 15.2. The zero-order valence-corrected chi connectivity index (χ0v) is 13.0. The number of carbonyl (C=O) groups excluding carboxylic acids is 1. The Kier molecular flexibility index (Phi) is 5.58. The molecule has 0 saturated carbocycles. The fourth-order valence-electron chi connectivity index (χ4n) is 2.13. The van der Waals surface area contributed by atoms with E-state index in [1.54, 1.807) is 12.1 Å². The molecule has 0 spiro atoms. The highest BCUT2D eigenvalue weighted by molar-refractivity contribution is 9.10. The molecule has 0 radical (unpaired) electrons. The minimum atomic E-state index is -1.05.